The third kappa shape index (κ3) is 6.14. The number of anilines is 3. The maximum atomic E-state index is 11.5. The van der Waals surface area contributed by atoms with Crippen molar-refractivity contribution in [2.24, 2.45) is 0 Å². The molecule has 3 aromatic rings. The van der Waals surface area contributed by atoms with E-state index < -0.39 is 6.09 Å². The molecule has 0 bridgehead atoms. The summed E-state index contributed by atoms with van der Waals surface area (Å²) in [6.07, 6.45) is -0.559. The fourth-order valence-corrected chi connectivity index (χ4v) is 2.59. The van der Waals surface area contributed by atoms with E-state index >= 15 is 0 Å². The van der Waals surface area contributed by atoms with E-state index in [-0.39, 0.29) is 12.4 Å². The molecule has 3 rings (SSSR count). The summed E-state index contributed by atoms with van der Waals surface area (Å²) in [5.41, 5.74) is 8.51. The first kappa shape index (κ1) is 20.0. The van der Waals surface area contributed by atoms with Gasteiger partial charge in [0.25, 0.3) is 0 Å². The van der Waals surface area contributed by atoms with Crippen LogP contribution in [0, 0.1) is 0 Å². The number of nitrogens with zero attached hydrogens (tertiary/aromatic N) is 1. The zero-order valence-corrected chi connectivity index (χ0v) is 16.2. The number of pyridine rings is 1. The van der Waals surface area contributed by atoms with E-state index in [9.17, 15) is 4.79 Å². The van der Waals surface area contributed by atoms with Crippen LogP contribution < -0.4 is 21.1 Å². The van der Waals surface area contributed by atoms with Crippen molar-refractivity contribution in [1.82, 2.24) is 4.98 Å². The first-order valence-electron chi connectivity index (χ1n) is 9.34. The van der Waals surface area contributed by atoms with E-state index in [4.69, 9.17) is 15.2 Å². The molecule has 0 atom stereocenters. The fourth-order valence-electron chi connectivity index (χ4n) is 2.59. The molecule has 29 heavy (non-hydrogen) atoms. The smallest absolute Gasteiger partial charge is 0.411 e. The van der Waals surface area contributed by atoms with Crippen LogP contribution in [-0.2, 0) is 17.9 Å². The van der Waals surface area contributed by atoms with Crippen LogP contribution in [0.1, 0.15) is 18.1 Å². The van der Waals surface area contributed by atoms with Crippen LogP contribution in [0.3, 0.4) is 0 Å². The maximum absolute atomic E-state index is 11.5. The minimum atomic E-state index is -0.559. The van der Waals surface area contributed by atoms with Gasteiger partial charge in [-0.05, 0) is 42.3 Å². The van der Waals surface area contributed by atoms with Gasteiger partial charge < -0.3 is 20.5 Å². The number of nitrogens with two attached hydrogens (primary N) is 1. The Bertz CT molecular complexity index is 931. The van der Waals surface area contributed by atoms with Gasteiger partial charge in [-0.1, -0.05) is 42.5 Å². The molecule has 7 nitrogen and oxygen atoms in total. The van der Waals surface area contributed by atoms with Gasteiger partial charge in [0.15, 0.2) is 0 Å². The Hall–Kier alpha value is -3.74. The van der Waals surface area contributed by atoms with E-state index in [1.807, 2.05) is 54.6 Å². The Kier molecular flexibility index (Phi) is 6.89. The van der Waals surface area contributed by atoms with Gasteiger partial charge in [0.2, 0.25) is 0 Å². The molecule has 0 unspecified atom stereocenters. The summed E-state index contributed by atoms with van der Waals surface area (Å²) in [4.78, 5) is 15.7. The molecule has 0 saturated carbocycles. The second-order valence-corrected chi connectivity index (χ2v) is 6.25. The number of ether oxygens (including phenoxy) is 2. The predicted molar refractivity (Wildman–Crippen MR) is 114 cm³/mol. The molecule has 0 saturated heterocycles. The number of carbonyl (C=O) groups is 1. The van der Waals surface area contributed by atoms with Crippen molar-refractivity contribution in [2.75, 3.05) is 23.0 Å². The highest BCUT2D eigenvalue weighted by Crippen LogP contribution is 2.20. The zero-order valence-electron chi connectivity index (χ0n) is 16.2. The Morgan fingerprint density at radius 2 is 1.76 bits per heavy atom. The number of benzene rings is 2. The summed E-state index contributed by atoms with van der Waals surface area (Å²) in [5.74, 6) is 1.64. The third-order valence-electron chi connectivity index (χ3n) is 4.08. The van der Waals surface area contributed by atoms with Gasteiger partial charge in [0.05, 0.1) is 12.3 Å². The summed E-state index contributed by atoms with van der Waals surface area (Å²) in [7, 11) is 0. The monoisotopic (exact) mass is 392 g/mol. The quantitative estimate of drug-likeness (QED) is 0.525. The summed E-state index contributed by atoms with van der Waals surface area (Å²) >= 11 is 0. The standard InChI is InChI=1S/C22H24N4O3/c1-2-28-22(27)25-19-12-13-20(26-21(19)23)24-14-16-8-10-18(11-9-16)29-15-17-6-4-3-5-7-17/h3-13H,2,14-15H2,1H3,(H,25,27)(H3,23,24,26). The molecule has 0 aliphatic heterocycles. The number of nitrogens with one attached hydrogen (secondary N) is 2. The number of carbonyl (C=O) groups excluding carboxylic acids is 1. The number of aromatic nitrogens is 1. The van der Waals surface area contributed by atoms with E-state index in [0.717, 1.165) is 16.9 Å². The minimum absolute atomic E-state index is 0.215. The Balaban J connectivity index is 1.50. The van der Waals surface area contributed by atoms with Gasteiger partial charge in [-0.3, -0.25) is 5.32 Å². The lowest BCUT2D eigenvalue weighted by Gasteiger charge is -2.11. The number of nitrogen functional groups attached to an aromatic ring is 1. The van der Waals surface area contributed by atoms with Gasteiger partial charge in [0, 0.05) is 6.54 Å². The lowest BCUT2D eigenvalue weighted by Crippen LogP contribution is -2.15. The van der Waals surface area contributed by atoms with Gasteiger partial charge in [0.1, 0.15) is 24.0 Å². The van der Waals surface area contributed by atoms with Crippen LogP contribution >= 0.6 is 0 Å². The van der Waals surface area contributed by atoms with Crippen molar-refractivity contribution < 1.29 is 14.3 Å². The first-order valence-corrected chi connectivity index (χ1v) is 9.34. The van der Waals surface area contributed by atoms with Crippen molar-refractivity contribution in [3.8, 4) is 5.75 Å². The van der Waals surface area contributed by atoms with Crippen LogP contribution in [0.25, 0.3) is 0 Å². The van der Waals surface area contributed by atoms with Crippen molar-refractivity contribution in [2.45, 2.75) is 20.1 Å². The van der Waals surface area contributed by atoms with Crippen molar-refractivity contribution >= 4 is 23.4 Å². The van der Waals surface area contributed by atoms with E-state index in [1.54, 1.807) is 19.1 Å². The summed E-state index contributed by atoms with van der Waals surface area (Å²) in [6.45, 7) is 3.13. The van der Waals surface area contributed by atoms with Crippen molar-refractivity contribution in [3.63, 3.8) is 0 Å². The molecule has 0 spiro atoms. The molecule has 7 heteroatoms. The van der Waals surface area contributed by atoms with Crippen LogP contribution in [0.15, 0.2) is 66.7 Å². The molecular formula is C22H24N4O3. The number of rotatable bonds is 8. The normalized spacial score (nSPS) is 10.2. The predicted octanol–water partition coefficient (Wildman–Crippen LogP) is 4.42. The van der Waals surface area contributed by atoms with Crippen molar-refractivity contribution in [1.29, 1.82) is 0 Å². The molecule has 0 radical (unpaired) electrons. The zero-order chi connectivity index (χ0) is 20.5. The molecule has 2 aromatic carbocycles. The van der Waals surface area contributed by atoms with Gasteiger partial charge in [-0.15, -0.1) is 0 Å². The molecule has 1 aromatic heterocycles. The van der Waals surface area contributed by atoms with Crippen LogP contribution in [0.5, 0.6) is 5.75 Å². The topological polar surface area (TPSA) is 98.5 Å². The molecule has 1 heterocycles. The average molecular weight is 392 g/mol. The van der Waals surface area contributed by atoms with Gasteiger partial charge in [-0.25, -0.2) is 9.78 Å². The number of amides is 1. The van der Waals surface area contributed by atoms with Crippen LogP contribution in [0.2, 0.25) is 0 Å². The van der Waals surface area contributed by atoms with Crippen LogP contribution in [-0.4, -0.2) is 17.7 Å². The highest BCUT2D eigenvalue weighted by Gasteiger charge is 2.07. The second-order valence-electron chi connectivity index (χ2n) is 6.25. The average Bonchev–Trinajstić information content (AvgIpc) is 2.74. The Labute approximate surface area is 169 Å². The molecular weight excluding hydrogens is 368 g/mol. The third-order valence-corrected chi connectivity index (χ3v) is 4.08. The highest BCUT2D eigenvalue weighted by molar-refractivity contribution is 5.88. The largest absolute Gasteiger partial charge is 0.489 e. The van der Waals surface area contributed by atoms with Gasteiger partial charge >= 0.3 is 6.09 Å². The Morgan fingerprint density at radius 3 is 2.45 bits per heavy atom. The van der Waals surface area contributed by atoms with Crippen molar-refractivity contribution in [3.05, 3.63) is 77.9 Å². The van der Waals surface area contributed by atoms with E-state index in [1.165, 1.54) is 0 Å². The molecule has 0 fully saturated rings. The van der Waals surface area contributed by atoms with E-state index in [2.05, 4.69) is 15.6 Å². The lowest BCUT2D eigenvalue weighted by molar-refractivity contribution is 0.168. The fraction of sp³-hybridized carbons (Fsp3) is 0.182. The molecule has 1 amide bonds. The van der Waals surface area contributed by atoms with Crippen LogP contribution in [0.4, 0.5) is 22.1 Å². The summed E-state index contributed by atoms with van der Waals surface area (Å²) < 4.78 is 10.6. The van der Waals surface area contributed by atoms with Gasteiger partial charge in [-0.2, -0.15) is 0 Å². The number of hydrogen-bond acceptors (Lipinski definition) is 6. The summed E-state index contributed by atoms with van der Waals surface area (Å²) in [6, 6.07) is 21.3. The van der Waals surface area contributed by atoms with E-state index in [0.29, 0.717) is 24.7 Å². The number of hydrogen-bond donors (Lipinski definition) is 3. The molecule has 150 valence electrons. The first-order chi connectivity index (χ1) is 14.1. The maximum Gasteiger partial charge on any atom is 0.411 e. The highest BCUT2D eigenvalue weighted by atomic mass is 16.5. The Morgan fingerprint density at radius 1 is 1.00 bits per heavy atom. The lowest BCUT2D eigenvalue weighted by atomic mass is 10.2. The molecule has 0 aliphatic rings. The summed E-state index contributed by atoms with van der Waals surface area (Å²) in [5, 5.41) is 5.76. The SMILES string of the molecule is CCOC(=O)Nc1ccc(NCc2ccc(OCc3ccccc3)cc2)nc1N. The minimum Gasteiger partial charge on any atom is -0.489 e. The second kappa shape index (κ2) is 9.98. The molecule has 4 N–H and O–H groups in total. The molecule has 0 aliphatic carbocycles.